The van der Waals surface area contributed by atoms with Crippen molar-refractivity contribution in [3.8, 4) is 6.01 Å². The first-order valence-electron chi connectivity index (χ1n) is 3.41. The smallest absolute Gasteiger partial charge is 0.317 e. The number of ether oxygens (including phenoxy) is 1. The maximum absolute atomic E-state index is 5.19. The normalized spacial score (nSPS) is 9.55. The van der Waals surface area contributed by atoms with Gasteiger partial charge in [0.25, 0.3) is 0 Å². The van der Waals surface area contributed by atoms with E-state index in [9.17, 15) is 0 Å². The number of nitrogens with zero attached hydrogens (tertiary/aromatic N) is 2. The van der Waals surface area contributed by atoms with Crippen LogP contribution in [-0.4, -0.2) is 21.7 Å². The van der Waals surface area contributed by atoms with E-state index in [2.05, 4.69) is 16.9 Å². The summed E-state index contributed by atoms with van der Waals surface area (Å²) in [7, 11) is 0. The van der Waals surface area contributed by atoms with Crippen LogP contribution in [0.1, 0.15) is 6.92 Å². The standard InChI is InChI=1S/C7H10N2OS/c1-2-11-6-10-7-8-4-3-5-9-7/h3-5H,2,6H2,1H3. The summed E-state index contributed by atoms with van der Waals surface area (Å²) in [6, 6.07) is 2.22. The van der Waals surface area contributed by atoms with Crippen LogP contribution in [0.25, 0.3) is 0 Å². The summed E-state index contributed by atoms with van der Waals surface area (Å²) in [5, 5.41) is 0. The van der Waals surface area contributed by atoms with Crippen LogP contribution in [0.3, 0.4) is 0 Å². The van der Waals surface area contributed by atoms with Crippen LogP contribution in [-0.2, 0) is 0 Å². The fraction of sp³-hybridized carbons (Fsp3) is 0.429. The van der Waals surface area contributed by atoms with Crippen molar-refractivity contribution in [1.29, 1.82) is 0 Å². The Hall–Kier alpha value is -0.770. The van der Waals surface area contributed by atoms with E-state index in [-0.39, 0.29) is 0 Å². The van der Waals surface area contributed by atoms with E-state index in [1.165, 1.54) is 0 Å². The van der Waals surface area contributed by atoms with Crippen molar-refractivity contribution in [3.05, 3.63) is 18.5 Å². The minimum absolute atomic E-state index is 0.452. The molecular weight excluding hydrogens is 160 g/mol. The largest absolute Gasteiger partial charge is 0.452 e. The molecule has 0 bridgehead atoms. The first kappa shape index (κ1) is 8.33. The first-order valence-corrected chi connectivity index (χ1v) is 4.56. The molecule has 4 heteroatoms. The van der Waals surface area contributed by atoms with Crippen molar-refractivity contribution < 1.29 is 4.74 Å². The average Bonchev–Trinajstić information content (AvgIpc) is 2.07. The highest BCUT2D eigenvalue weighted by Crippen LogP contribution is 2.03. The first-order chi connectivity index (χ1) is 5.43. The molecule has 0 radical (unpaired) electrons. The SMILES string of the molecule is CCSCOc1ncccn1. The molecule has 0 atom stereocenters. The summed E-state index contributed by atoms with van der Waals surface area (Å²) in [6.45, 7) is 2.08. The molecule has 3 nitrogen and oxygen atoms in total. The molecule has 0 aliphatic carbocycles. The van der Waals surface area contributed by atoms with Crippen LogP contribution < -0.4 is 4.74 Å². The molecule has 1 aromatic heterocycles. The second-order valence-electron chi connectivity index (χ2n) is 1.79. The number of thioether (sulfide) groups is 1. The van der Waals surface area contributed by atoms with Gasteiger partial charge in [-0.15, -0.1) is 11.8 Å². The highest BCUT2D eigenvalue weighted by atomic mass is 32.2. The van der Waals surface area contributed by atoms with Gasteiger partial charge in [0, 0.05) is 12.4 Å². The van der Waals surface area contributed by atoms with Gasteiger partial charge < -0.3 is 4.74 Å². The molecule has 0 aromatic carbocycles. The molecule has 60 valence electrons. The summed E-state index contributed by atoms with van der Waals surface area (Å²) in [5.41, 5.74) is 0. The lowest BCUT2D eigenvalue weighted by molar-refractivity contribution is 0.360. The predicted octanol–water partition coefficient (Wildman–Crippen LogP) is 1.57. The van der Waals surface area contributed by atoms with Gasteiger partial charge in [-0.2, -0.15) is 0 Å². The van der Waals surface area contributed by atoms with Crippen LogP contribution in [0.4, 0.5) is 0 Å². The van der Waals surface area contributed by atoms with E-state index in [1.807, 2.05) is 0 Å². The highest BCUT2D eigenvalue weighted by Gasteiger charge is 1.91. The Bertz CT molecular complexity index is 193. The molecule has 1 rings (SSSR count). The van der Waals surface area contributed by atoms with E-state index in [1.54, 1.807) is 30.2 Å². The number of hydrogen-bond donors (Lipinski definition) is 0. The van der Waals surface area contributed by atoms with E-state index in [4.69, 9.17) is 4.74 Å². The molecule has 11 heavy (non-hydrogen) atoms. The average molecular weight is 170 g/mol. The minimum atomic E-state index is 0.452. The summed E-state index contributed by atoms with van der Waals surface area (Å²) < 4.78 is 5.19. The molecule has 1 aromatic rings. The van der Waals surface area contributed by atoms with E-state index in [0.717, 1.165) is 5.75 Å². The Morgan fingerprint density at radius 1 is 1.45 bits per heavy atom. The lowest BCUT2D eigenvalue weighted by Gasteiger charge is -2.00. The monoisotopic (exact) mass is 170 g/mol. The van der Waals surface area contributed by atoms with Gasteiger partial charge in [0.2, 0.25) is 0 Å². The van der Waals surface area contributed by atoms with Crippen molar-refractivity contribution >= 4 is 11.8 Å². The molecule has 0 spiro atoms. The topological polar surface area (TPSA) is 35.0 Å². The fourth-order valence-electron chi connectivity index (χ4n) is 0.538. The van der Waals surface area contributed by atoms with Crippen molar-refractivity contribution in [2.75, 3.05) is 11.7 Å². The van der Waals surface area contributed by atoms with Gasteiger partial charge in [0.15, 0.2) is 0 Å². The second-order valence-corrected chi connectivity index (χ2v) is 3.01. The second kappa shape index (κ2) is 4.96. The van der Waals surface area contributed by atoms with Crippen LogP contribution in [0.2, 0.25) is 0 Å². The van der Waals surface area contributed by atoms with Gasteiger partial charge in [-0.3, -0.25) is 0 Å². The third-order valence-electron chi connectivity index (χ3n) is 1.02. The zero-order valence-electron chi connectivity index (χ0n) is 6.36. The molecule has 0 N–H and O–H groups in total. The van der Waals surface area contributed by atoms with Crippen LogP contribution in [0, 0.1) is 0 Å². The summed E-state index contributed by atoms with van der Waals surface area (Å²) in [6.07, 6.45) is 3.33. The number of aromatic nitrogens is 2. The van der Waals surface area contributed by atoms with E-state index >= 15 is 0 Å². The maximum atomic E-state index is 5.19. The summed E-state index contributed by atoms with van der Waals surface area (Å²) >= 11 is 1.70. The van der Waals surface area contributed by atoms with Crippen LogP contribution in [0.5, 0.6) is 6.01 Å². The van der Waals surface area contributed by atoms with Gasteiger partial charge in [-0.1, -0.05) is 6.92 Å². The maximum Gasteiger partial charge on any atom is 0.317 e. The quantitative estimate of drug-likeness (QED) is 0.507. The minimum Gasteiger partial charge on any atom is -0.452 e. The van der Waals surface area contributed by atoms with Gasteiger partial charge in [-0.05, 0) is 11.8 Å². The molecule has 0 saturated carbocycles. The molecule has 0 aliphatic heterocycles. The molecule has 0 fully saturated rings. The Kier molecular flexibility index (Phi) is 3.75. The van der Waals surface area contributed by atoms with Gasteiger partial charge >= 0.3 is 6.01 Å². The van der Waals surface area contributed by atoms with Crippen molar-refractivity contribution in [2.45, 2.75) is 6.92 Å². The highest BCUT2D eigenvalue weighted by molar-refractivity contribution is 7.99. The van der Waals surface area contributed by atoms with E-state index < -0.39 is 0 Å². The van der Waals surface area contributed by atoms with Gasteiger partial charge in [0.1, 0.15) is 5.94 Å². The molecule has 0 aliphatic rings. The van der Waals surface area contributed by atoms with E-state index in [0.29, 0.717) is 11.9 Å². The van der Waals surface area contributed by atoms with Crippen molar-refractivity contribution in [1.82, 2.24) is 9.97 Å². The van der Waals surface area contributed by atoms with Crippen molar-refractivity contribution in [2.24, 2.45) is 0 Å². The summed E-state index contributed by atoms with van der Waals surface area (Å²) in [5.74, 6) is 1.67. The van der Waals surface area contributed by atoms with Gasteiger partial charge in [-0.25, -0.2) is 9.97 Å². The molecule has 0 saturated heterocycles. The van der Waals surface area contributed by atoms with Gasteiger partial charge in [0.05, 0.1) is 0 Å². The fourth-order valence-corrected chi connectivity index (χ4v) is 0.893. The molecular formula is C7H10N2OS. The Balaban J connectivity index is 2.28. The lowest BCUT2D eigenvalue weighted by Crippen LogP contribution is -1.96. The predicted molar refractivity (Wildman–Crippen MR) is 45.7 cm³/mol. The van der Waals surface area contributed by atoms with Crippen molar-refractivity contribution in [3.63, 3.8) is 0 Å². The van der Waals surface area contributed by atoms with Crippen LogP contribution >= 0.6 is 11.8 Å². The Labute approximate surface area is 70.2 Å². The summed E-state index contributed by atoms with van der Waals surface area (Å²) in [4.78, 5) is 7.81. The molecule has 0 unspecified atom stereocenters. The Morgan fingerprint density at radius 2 is 2.18 bits per heavy atom. The lowest BCUT2D eigenvalue weighted by atomic mass is 10.7. The number of hydrogen-bond acceptors (Lipinski definition) is 4. The third-order valence-corrected chi connectivity index (χ3v) is 1.71. The third kappa shape index (κ3) is 3.23. The number of rotatable bonds is 4. The van der Waals surface area contributed by atoms with Crippen LogP contribution in [0.15, 0.2) is 18.5 Å². The molecule has 1 heterocycles. The molecule has 0 amide bonds. The zero-order chi connectivity index (χ0) is 7.94. The Morgan fingerprint density at radius 3 is 2.82 bits per heavy atom. The zero-order valence-corrected chi connectivity index (χ0v) is 7.17.